The number of hydrogen-bond acceptors (Lipinski definition) is 6. The monoisotopic (exact) mass is 385 g/mol. The zero-order chi connectivity index (χ0) is 20.4. The molecule has 1 atom stereocenters. The summed E-state index contributed by atoms with van der Waals surface area (Å²) in [5.74, 6) is -1.21. The zero-order valence-electron chi connectivity index (χ0n) is 15.8. The molecule has 148 valence electrons. The summed E-state index contributed by atoms with van der Waals surface area (Å²) >= 11 is 0. The molecule has 7 heteroatoms. The first-order valence-corrected chi connectivity index (χ1v) is 8.99. The number of benzene rings is 2. The number of carbonyl (C=O) groups excluding carboxylic acids is 3. The van der Waals surface area contributed by atoms with Crippen LogP contribution in [0, 0.1) is 0 Å². The largest absolute Gasteiger partial charge is 0.479 e. The van der Waals surface area contributed by atoms with Gasteiger partial charge in [-0.05, 0) is 37.6 Å². The lowest BCUT2D eigenvalue weighted by molar-refractivity contribution is -0.154. The molecule has 0 aromatic heterocycles. The van der Waals surface area contributed by atoms with E-state index in [9.17, 15) is 14.4 Å². The Labute approximate surface area is 163 Å². The van der Waals surface area contributed by atoms with Gasteiger partial charge in [0.1, 0.15) is 5.75 Å². The summed E-state index contributed by atoms with van der Waals surface area (Å²) in [4.78, 5) is 36.3. The molecular weight excluding hydrogens is 362 g/mol. The number of para-hydroxylation sites is 2. The van der Waals surface area contributed by atoms with E-state index in [2.05, 4.69) is 5.32 Å². The molecule has 2 aromatic rings. The third-order valence-electron chi connectivity index (χ3n) is 3.70. The van der Waals surface area contributed by atoms with Crippen molar-refractivity contribution in [2.75, 3.05) is 18.5 Å². The molecule has 0 unspecified atom stereocenters. The number of anilines is 1. The Morgan fingerprint density at radius 1 is 0.929 bits per heavy atom. The fourth-order valence-corrected chi connectivity index (χ4v) is 2.36. The predicted octanol–water partition coefficient (Wildman–Crippen LogP) is 3.20. The van der Waals surface area contributed by atoms with Gasteiger partial charge in [-0.3, -0.25) is 4.79 Å². The van der Waals surface area contributed by atoms with Gasteiger partial charge in [0.05, 0.1) is 17.9 Å². The lowest BCUT2D eigenvalue weighted by atomic mass is 10.2. The van der Waals surface area contributed by atoms with Crippen molar-refractivity contribution in [2.24, 2.45) is 0 Å². The predicted molar refractivity (Wildman–Crippen MR) is 103 cm³/mol. The highest BCUT2D eigenvalue weighted by atomic mass is 16.6. The first-order valence-electron chi connectivity index (χ1n) is 8.99. The molecular formula is C21H23NO6. The van der Waals surface area contributed by atoms with Crippen LogP contribution in [-0.2, 0) is 19.1 Å². The van der Waals surface area contributed by atoms with Crippen LogP contribution in [0.15, 0.2) is 54.6 Å². The minimum Gasteiger partial charge on any atom is -0.479 e. The van der Waals surface area contributed by atoms with Crippen molar-refractivity contribution in [3.05, 3.63) is 60.2 Å². The van der Waals surface area contributed by atoms with Crippen LogP contribution in [0.2, 0.25) is 0 Å². The highest BCUT2D eigenvalue weighted by Crippen LogP contribution is 2.17. The molecule has 0 heterocycles. The maximum atomic E-state index is 12.2. The van der Waals surface area contributed by atoms with Gasteiger partial charge in [0.15, 0.2) is 12.7 Å². The summed E-state index contributed by atoms with van der Waals surface area (Å²) in [7, 11) is 0. The summed E-state index contributed by atoms with van der Waals surface area (Å²) in [6, 6.07) is 15.3. The van der Waals surface area contributed by atoms with Crippen molar-refractivity contribution in [1.82, 2.24) is 0 Å². The molecule has 0 saturated carbocycles. The normalized spacial score (nSPS) is 11.2. The Hall–Kier alpha value is -3.35. The minimum absolute atomic E-state index is 0.221. The molecule has 0 saturated heterocycles. The van der Waals surface area contributed by atoms with E-state index in [-0.39, 0.29) is 17.9 Å². The third-order valence-corrected chi connectivity index (χ3v) is 3.70. The van der Waals surface area contributed by atoms with Crippen LogP contribution in [0.4, 0.5) is 5.69 Å². The van der Waals surface area contributed by atoms with E-state index in [4.69, 9.17) is 14.2 Å². The van der Waals surface area contributed by atoms with E-state index < -0.39 is 30.6 Å². The van der Waals surface area contributed by atoms with Gasteiger partial charge in [0.2, 0.25) is 0 Å². The van der Waals surface area contributed by atoms with E-state index in [0.29, 0.717) is 12.2 Å². The second-order valence-electron chi connectivity index (χ2n) is 5.75. The van der Waals surface area contributed by atoms with Crippen molar-refractivity contribution in [3.8, 4) is 5.75 Å². The summed E-state index contributed by atoms with van der Waals surface area (Å²) in [5, 5.41) is 2.55. The molecule has 0 bridgehead atoms. The molecule has 0 aliphatic heterocycles. The summed E-state index contributed by atoms with van der Waals surface area (Å²) in [5.41, 5.74) is 0.512. The van der Waals surface area contributed by atoms with Crippen molar-refractivity contribution in [1.29, 1.82) is 0 Å². The molecule has 2 aromatic carbocycles. The second-order valence-corrected chi connectivity index (χ2v) is 5.75. The van der Waals surface area contributed by atoms with Crippen LogP contribution in [0.3, 0.4) is 0 Å². The Morgan fingerprint density at radius 3 is 2.29 bits per heavy atom. The van der Waals surface area contributed by atoms with Gasteiger partial charge < -0.3 is 19.5 Å². The maximum absolute atomic E-state index is 12.2. The molecule has 1 amide bonds. The second kappa shape index (κ2) is 10.7. The van der Waals surface area contributed by atoms with E-state index >= 15 is 0 Å². The van der Waals surface area contributed by atoms with Crippen LogP contribution in [0.1, 0.15) is 30.6 Å². The van der Waals surface area contributed by atoms with Crippen molar-refractivity contribution >= 4 is 23.5 Å². The number of nitrogens with one attached hydrogen (secondary N) is 1. The number of amides is 1. The van der Waals surface area contributed by atoms with Gasteiger partial charge in [0.25, 0.3) is 5.91 Å². The average Bonchev–Trinajstić information content (AvgIpc) is 2.71. The SMILES string of the molecule is CCOC(=O)c1ccccc1NC(=O)COC(=O)[C@@H](CC)Oc1ccccc1. The Morgan fingerprint density at radius 2 is 1.61 bits per heavy atom. The topological polar surface area (TPSA) is 90.9 Å². The van der Waals surface area contributed by atoms with Crippen LogP contribution >= 0.6 is 0 Å². The van der Waals surface area contributed by atoms with E-state index in [0.717, 1.165) is 0 Å². The first-order chi connectivity index (χ1) is 13.5. The fourth-order valence-electron chi connectivity index (χ4n) is 2.36. The van der Waals surface area contributed by atoms with Gasteiger partial charge in [-0.15, -0.1) is 0 Å². The standard InChI is InChI=1S/C21H23NO6/c1-3-18(28-15-10-6-5-7-11-15)21(25)27-14-19(23)22-17-13-9-8-12-16(17)20(24)26-4-2/h5-13,18H,3-4,14H2,1-2H3,(H,22,23)/t18-/m1/s1. The van der Waals surface area contributed by atoms with E-state index in [1.165, 1.54) is 0 Å². The van der Waals surface area contributed by atoms with Gasteiger partial charge in [-0.1, -0.05) is 37.3 Å². The van der Waals surface area contributed by atoms with Crippen LogP contribution < -0.4 is 10.1 Å². The van der Waals surface area contributed by atoms with Crippen LogP contribution in [0.5, 0.6) is 5.75 Å². The lowest BCUT2D eigenvalue weighted by Crippen LogP contribution is -2.31. The summed E-state index contributed by atoms with van der Waals surface area (Å²) in [6.45, 7) is 3.20. The Bertz CT molecular complexity index is 806. The third kappa shape index (κ3) is 6.12. The van der Waals surface area contributed by atoms with Crippen LogP contribution in [0.25, 0.3) is 0 Å². The van der Waals surface area contributed by atoms with Gasteiger partial charge in [-0.25, -0.2) is 9.59 Å². The molecule has 0 fully saturated rings. The number of rotatable bonds is 9. The summed E-state index contributed by atoms with van der Waals surface area (Å²) in [6.07, 6.45) is -0.428. The van der Waals surface area contributed by atoms with E-state index in [1.807, 2.05) is 6.07 Å². The van der Waals surface area contributed by atoms with Crippen molar-refractivity contribution < 1.29 is 28.6 Å². The quantitative estimate of drug-likeness (QED) is 0.667. The number of hydrogen-bond donors (Lipinski definition) is 1. The number of esters is 2. The fraction of sp³-hybridized carbons (Fsp3) is 0.286. The first kappa shape index (κ1) is 21.0. The van der Waals surface area contributed by atoms with Crippen molar-refractivity contribution in [3.63, 3.8) is 0 Å². The molecule has 0 spiro atoms. The highest BCUT2D eigenvalue weighted by molar-refractivity contribution is 6.01. The number of carbonyl (C=O) groups is 3. The minimum atomic E-state index is -0.818. The Kier molecular flexibility index (Phi) is 8.02. The molecule has 0 aliphatic carbocycles. The number of ether oxygens (including phenoxy) is 3. The maximum Gasteiger partial charge on any atom is 0.347 e. The van der Waals surface area contributed by atoms with Gasteiger partial charge in [0, 0.05) is 0 Å². The molecule has 28 heavy (non-hydrogen) atoms. The highest BCUT2D eigenvalue weighted by Gasteiger charge is 2.21. The molecule has 2 rings (SSSR count). The molecule has 0 aliphatic rings. The smallest absolute Gasteiger partial charge is 0.347 e. The zero-order valence-corrected chi connectivity index (χ0v) is 15.8. The Balaban J connectivity index is 1.91. The average molecular weight is 385 g/mol. The van der Waals surface area contributed by atoms with E-state index in [1.54, 1.807) is 62.4 Å². The van der Waals surface area contributed by atoms with Gasteiger partial charge in [-0.2, -0.15) is 0 Å². The van der Waals surface area contributed by atoms with Crippen LogP contribution in [-0.4, -0.2) is 37.2 Å². The lowest BCUT2D eigenvalue weighted by Gasteiger charge is -2.16. The van der Waals surface area contributed by atoms with Gasteiger partial charge >= 0.3 is 11.9 Å². The molecule has 7 nitrogen and oxygen atoms in total. The van der Waals surface area contributed by atoms with Crippen molar-refractivity contribution in [2.45, 2.75) is 26.4 Å². The summed E-state index contributed by atoms with van der Waals surface area (Å²) < 4.78 is 15.6. The molecule has 0 radical (unpaired) electrons. The molecule has 1 N–H and O–H groups in total.